The summed E-state index contributed by atoms with van der Waals surface area (Å²) in [5.74, 6) is 0.686. The summed E-state index contributed by atoms with van der Waals surface area (Å²) >= 11 is 0. The Hall–Kier alpha value is -3.94. The van der Waals surface area contributed by atoms with E-state index in [1.54, 1.807) is 43.5 Å². The number of ether oxygens (including phenoxy) is 2. The topological polar surface area (TPSA) is 89.9 Å². The number of aryl methyl sites for hydroxylation is 1. The molecule has 0 fully saturated rings. The number of carbonyl (C=O) groups excluding carboxylic acids is 1. The molecule has 34 heavy (non-hydrogen) atoms. The van der Waals surface area contributed by atoms with Gasteiger partial charge < -0.3 is 9.47 Å². The second-order valence-corrected chi connectivity index (χ2v) is 9.08. The Morgan fingerprint density at radius 3 is 1.79 bits per heavy atom. The van der Waals surface area contributed by atoms with E-state index in [4.69, 9.17) is 9.47 Å². The lowest BCUT2D eigenvalue weighted by Gasteiger charge is -2.12. The molecule has 4 aromatic rings. The predicted molar refractivity (Wildman–Crippen MR) is 129 cm³/mol. The van der Waals surface area contributed by atoms with E-state index in [-0.39, 0.29) is 17.1 Å². The van der Waals surface area contributed by atoms with Crippen molar-refractivity contribution in [2.75, 3.05) is 7.11 Å². The van der Waals surface area contributed by atoms with Gasteiger partial charge in [-0.15, -0.1) is 0 Å². The van der Waals surface area contributed by atoms with Crippen LogP contribution in [0.5, 0.6) is 17.2 Å². The smallest absolute Gasteiger partial charge is 0.298 e. The van der Waals surface area contributed by atoms with E-state index < -0.39 is 15.0 Å². The first kappa shape index (κ1) is 23.2. The lowest BCUT2D eigenvalue weighted by molar-refractivity contribution is 0.103. The van der Waals surface area contributed by atoms with Crippen LogP contribution in [0.2, 0.25) is 0 Å². The number of benzene rings is 4. The third kappa shape index (κ3) is 5.17. The van der Waals surface area contributed by atoms with Gasteiger partial charge in [-0.2, -0.15) is 8.42 Å². The van der Waals surface area contributed by atoms with E-state index in [2.05, 4.69) is 0 Å². The van der Waals surface area contributed by atoms with Crippen LogP contribution in [-0.2, 0) is 10.1 Å². The van der Waals surface area contributed by atoms with Gasteiger partial charge in [0.15, 0.2) is 5.78 Å². The molecule has 0 aliphatic heterocycles. The van der Waals surface area contributed by atoms with Gasteiger partial charge in [0.25, 0.3) is 10.1 Å². The van der Waals surface area contributed by atoms with E-state index in [1.807, 2.05) is 43.3 Å². The number of carbonyl (C=O) groups is 1. The Morgan fingerprint density at radius 1 is 0.735 bits per heavy atom. The first-order valence-electron chi connectivity index (χ1n) is 10.4. The van der Waals surface area contributed by atoms with Gasteiger partial charge in [0.2, 0.25) is 0 Å². The SMILES string of the molecule is COc1ccc(-c2ccc(Oc3ccc(C(=O)c4ccc(C)cc4)cc3S(=O)(=O)O)cc2)cc1. The van der Waals surface area contributed by atoms with E-state index >= 15 is 0 Å². The summed E-state index contributed by atoms with van der Waals surface area (Å²) in [6.07, 6.45) is 0. The van der Waals surface area contributed by atoms with Crippen LogP contribution in [0.1, 0.15) is 21.5 Å². The molecule has 0 spiro atoms. The summed E-state index contributed by atoms with van der Waals surface area (Å²) in [6, 6.07) is 25.5. The largest absolute Gasteiger partial charge is 0.497 e. The molecule has 0 heterocycles. The van der Waals surface area contributed by atoms with Crippen LogP contribution in [0.25, 0.3) is 11.1 Å². The van der Waals surface area contributed by atoms with Gasteiger partial charge >= 0.3 is 0 Å². The van der Waals surface area contributed by atoms with E-state index in [1.165, 1.54) is 12.1 Å². The van der Waals surface area contributed by atoms with Crippen molar-refractivity contribution < 1.29 is 27.2 Å². The molecule has 6 nitrogen and oxygen atoms in total. The minimum absolute atomic E-state index is 0.0832. The molecule has 0 saturated heterocycles. The van der Waals surface area contributed by atoms with Gasteiger partial charge in [0.1, 0.15) is 22.1 Å². The van der Waals surface area contributed by atoms with Crippen LogP contribution < -0.4 is 9.47 Å². The molecule has 0 radical (unpaired) electrons. The van der Waals surface area contributed by atoms with Gasteiger partial charge in [-0.05, 0) is 60.5 Å². The first-order valence-corrected chi connectivity index (χ1v) is 11.8. The lowest BCUT2D eigenvalue weighted by Crippen LogP contribution is -2.06. The van der Waals surface area contributed by atoms with E-state index in [0.29, 0.717) is 11.3 Å². The van der Waals surface area contributed by atoms with Gasteiger partial charge in [-0.1, -0.05) is 54.1 Å². The summed E-state index contributed by atoms with van der Waals surface area (Å²) in [4.78, 5) is 12.3. The van der Waals surface area contributed by atoms with Crippen molar-refractivity contribution >= 4 is 15.9 Å². The molecule has 0 saturated carbocycles. The predicted octanol–water partition coefficient (Wildman–Crippen LogP) is 5.94. The quantitative estimate of drug-likeness (QED) is 0.263. The third-order valence-corrected chi connectivity index (χ3v) is 6.18. The van der Waals surface area contributed by atoms with Crippen LogP contribution in [0, 0.1) is 6.92 Å². The summed E-state index contributed by atoms with van der Waals surface area (Å²) in [5.41, 5.74) is 3.44. The summed E-state index contributed by atoms with van der Waals surface area (Å²) in [7, 11) is -3.04. The molecule has 4 aromatic carbocycles. The van der Waals surface area contributed by atoms with Crippen LogP contribution in [-0.4, -0.2) is 25.9 Å². The molecule has 0 aliphatic carbocycles. The maximum absolute atomic E-state index is 12.8. The standard InChI is InChI=1S/C27H22O6S/c1-18-3-5-21(6-4-18)27(28)22-11-16-25(26(17-22)34(29,30)31)33-24-14-9-20(10-15-24)19-7-12-23(32-2)13-8-19/h3-17H,1-2H3,(H,29,30,31). The Balaban J connectivity index is 1.61. The molecule has 1 N–H and O–H groups in total. The van der Waals surface area contributed by atoms with Crippen molar-refractivity contribution in [2.24, 2.45) is 0 Å². The highest BCUT2D eigenvalue weighted by atomic mass is 32.2. The zero-order valence-corrected chi connectivity index (χ0v) is 19.4. The highest BCUT2D eigenvalue weighted by Crippen LogP contribution is 2.32. The zero-order chi connectivity index (χ0) is 24.3. The van der Waals surface area contributed by atoms with Gasteiger partial charge in [0, 0.05) is 11.1 Å². The number of hydrogen-bond donors (Lipinski definition) is 1. The second-order valence-electron chi connectivity index (χ2n) is 7.69. The van der Waals surface area contributed by atoms with Crippen LogP contribution in [0.4, 0.5) is 0 Å². The summed E-state index contributed by atoms with van der Waals surface area (Å²) in [5, 5.41) is 0. The number of rotatable bonds is 7. The van der Waals surface area contributed by atoms with Crippen molar-refractivity contribution in [1.82, 2.24) is 0 Å². The monoisotopic (exact) mass is 474 g/mol. The average molecular weight is 475 g/mol. The maximum Gasteiger partial charge on any atom is 0.298 e. The van der Waals surface area contributed by atoms with Gasteiger partial charge in [-0.25, -0.2) is 0 Å². The molecule has 0 atom stereocenters. The van der Waals surface area contributed by atoms with Crippen molar-refractivity contribution in [1.29, 1.82) is 0 Å². The number of ketones is 1. The Bertz CT molecular complexity index is 1420. The Morgan fingerprint density at radius 2 is 1.26 bits per heavy atom. The fraction of sp³-hybridized carbons (Fsp3) is 0.0741. The van der Waals surface area contributed by atoms with Crippen LogP contribution >= 0.6 is 0 Å². The normalized spacial score (nSPS) is 11.1. The second kappa shape index (κ2) is 9.51. The van der Waals surface area contributed by atoms with E-state index in [0.717, 1.165) is 28.5 Å². The summed E-state index contributed by atoms with van der Waals surface area (Å²) < 4.78 is 44.8. The average Bonchev–Trinajstić information content (AvgIpc) is 2.84. The maximum atomic E-state index is 12.8. The van der Waals surface area contributed by atoms with Crippen molar-refractivity contribution in [2.45, 2.75) is 11.8 Å². The molecular weight excluding hydrogens is 452 g/mol. The lowest BCUT2D eigenvalue weighted by atomic mass is 10.0. The van der Waals surface area contributed by atoms with E-state index in [9.17, 15) is 17.8 Å². The number of hydrogen-bond acceptors (Lipinski definition) is 5. The summed E-state index contributed by atoms with van der Waals surface area (Å²) in [6.45, 7) is 1.90. The first-order chi connectivity index (χ1) is 16.2. The molecule has 0 unspecified atom stereocenters. The Kier molecular flexibility index (Phi) is 6.49. The molecule has 0 aromatic heterocycles. The molecule has 0 aliphatic rings. The molecule has 7 heteroatoms. The van der Waals surface area contributed by atoms with Gasteiger partial charge in [-0.3, -0.25) is 9.35 Å². The van der Waals surface area contributed by atoms with Crippen LogP contribution in [0.3, 0.4) is 0 Å². The van der Waals surface area contributed by atoms with Crippen molar-refractivity contribution in [3.05, 3.63) is 108 Å². The van der Waals surface area contributed by atoms with Crippen molar-refractivity contribution in [3.63, 3.8) is 0 Å². The highest BCUT2D eigenvalue weighted by Gasteiger charge is 2.21. The molecular formula is C27H22O6S. The molecule has 4 rings (SSSR count). The fourth-order valence-electron chi connectivity index (χ4n) is 3.43. The third-order valence-electron chi connectivity index (χ3n) is 5.30. The minimum Gasteiger partial charge on any atom is -0.497 e. The van der Waals surface area contributed by atoms with Crippen LogP contribution in [0.15, 0.2) is 95.9 Å². The highest BCUT2D eigenvalue weighted by molar-refractivity contribution is 7.86. The Labute approximate surface area is 198 Å². The minimum atomic E-state index is -4.65. The fourth-order valence-corrected chi connectivity index (χ4v) is 4.07. The number of methoxy groups -OCH3 is 1. The zero-order valence-electron chi connectivity index (χ0n) is 18.6. The molecule has 0 bridgehead atoms. The van der Waals surface area contributed by atoms with Gasteiger partial charge in [0.05, 0.1) is 7.11 Å². The molecule has 0 amide bonds. The van der Waals surface area contributed by atoms with Crippen molar-refractivity contribution in [3.8, 4) is 28.4 Å². The molecule has 172 valence electrons.